The summed E-state index contributed by atoms with van der Waals surface area (Å²) < 4.78 is 1.41. The van der Waals surface area contributed by atoms with E-state index >= 15 is 0 Å². The number of nitrogen functional groups attached to an aromatic ring is 1. The molecule has 37 heavy (non-hydrogen) atoms. The molecule has 0 bridgehead atoms. The number of aromatic nitrogens is 4. The van der Waals surface area contributed by atoms with Crippen LogP contribution in [0.1, 0.15) is 37.7 Å². The highest BCUT2D eigenvalue weighted by atomic mass is 35.5. The highest BCUT2D eigenvalue weighted by Crippen LogP contribution is 2.26. The number of fused-ring (bicyclic) bond motifs is 1. The molecule has 4 aromatic rings. The van der Waals surface area contributed by atoms with Crippen LogP contribution in [0.25, 0.3) is 16.6 Å². The minimum absolute atomic E-state index is 0.0305. The van der Waals surface area contributed by atoms with E-state index in [9.17, 15) is 14.9 Å². The number of urea groups is 1. The van der Waals surface area contributed by atoms with Gasteiger partial charge in [0, 0.05) is 12.2 Å². The van der Waals surface area contributed by atoms with Crippen LogP contribution < -0.4 is 27.2 Å². The maximum Gasteiger partial charge on any atom is 0.319 e. The number of halogens is 1. The van der Waals surface area contributed by atoms with E-state index in [0.29, 0.717) is 29.3 Å². The molecule has 12 heteroatoms. The minimum Gasteiger partial charge on any atom is -0.382 e. The van der Waals surface area contributed by atoms with Gasteiger partial charge in [-0.25, -0.2) is 19.7 Å². The van der Waals surface area contributed by atoms with Gasteiger partial charge in [-0.3, -0.25) is 9.36 Å². The Balaban J connectivity index is 1.85. The van der Waals surface area contributed by atoms with Crippen LogP contribution in [0.15, 0.2) is 53.6 Å². The molecule has 188 valence electrons. The van der Waals surface area contributed by atoms with E-state index in [2.05, 4.69) is 25.9 Å². The zero-order valence-corrected chi connectivity index (χ0v) is 20.9. The summed E-state index contributed by atoms with van der Waals surface area (Å²) in [5.41, 5.74) is 6.87. The maximum atomic E-state index is 13.8. The van der Waals surface area contributed by atoms with E-state index in [4.69, 9.17) is 22.3 Å². The average molecular weight is 518 g/mol. The predicted molar refractivity (Wildman–Crippen MR) is 143 cm³/mol. The quantitative estimate of drug-likeness (QED) is 0.286. The van der Waals surface area contributed by atoms with Crippen LogP contribution in [0.2, 0.25) is 5.02 Å². The smallest absolute Gasteiger partial charge is 0.319 e. The number of benzene rings is 2. The SMILES string of the molecule is CCCNC(=O)Nc1cccc(-n2c(C(C)Nc3ncnc(N)c3C#N)nc3cccc(Cl)c3c2=O)c1. The standard InChI is InChI=1S/C25H24ClN9O2/c1-3-10-29-25(37)33-15-6-4-7-16(11-15)35-23(34-19-9-5-8-18(26)20(19)24(35)36)14(2)32-22-17(12-27)21(28)30-13-31-22/h4-9,11,13-14H,3,10H2,1-2H3,(H2,29,33,37)(H3,28,30,31,32). The highest BCUT2D eigenvalue weighted by Gasteiger charge is 2.21. The fourth-order valence-corrected chi connectivity index (χ4v) is 4.02. The number of hydrogen-bond donors (Lipinski definition) is 4. The Morgan fingerprint density at radius 2 is 2.03 bits per heavy atom. The molecular weight excluding hydrogens is 494 g/mol. The van der Waals surface area contributed by atoms with E-state index in [-0.39, 0.29) is 33.6 Å². The maximum absolute atomic E-state index is 13.8. The topological polar surface area (TPSA) is 164 Å². The van der Waals surface area contributed by atoms with Crippen molar-refractivity contribution < 1.29 is 4.79 Å². The molecule has 0 aliphatic heterocycles. The number of anilines is 3. The molecular formula is C25H24ClN9O2. The molecule has 2 aromatic heterocycles. The van der Waals surface area contributed by atoms with Crippen LogP contribution in [-0.4, -0.2) is 32.1 Å². The Morgan fingerprint density at radius 1 is 1.24 bits per heavy atom. The van der Waals surface area contributed by atoms with E-state index in [1.54, 1.807) is 49.4 Å². The summed E-state index contributed by atoms with van der Waals surface area (Å²) in [5.74, 6) is 0.564. The van der Waals surface area contributed by atoms with Gasteiger partial charge >= 0.3 is 6.03 Å². The molecule has 0 saturated heterocycles. The number of amides is 2. The normalized spacial score (nSPS) is 11.5. The first kappa shape index (κ1) is 25.4. The number of hydrogen-bond acceptors (Lipinski definition) is 8. The van der Waals surface area contributed by atoms with Gasteiger partial charge in [-0.05, 0) is 43.7 Å². The Kier molecular flexibility index (Phi) is 7.50. The van der Waals surface area contributed by atoms with Crippen molar-refractivity contribution in [3.8, 4) is 11.8 Å². The molecule has 2 amide bonds. The Morgan fingerprint density at radius 3 is 2.78 bits per heavy atom. The summed E-state index contributed by atoms with van der Waals surface area (Å²) in [6.07, 6.45) is 2.04. The van der Waals surface area contributed by atoms with E-state index in [1.807, 2.05) is 13.0 Å². The van der Waals surface area contributed by atoms with Crippen LogP contribution in [-0.2, 0) is 0 Å². The predicted octanol–water partition coefficient (Wildman–Crippen LogP) is 3.99. The lowest BCUT2D eigenvalue weighted by molar-refractivity contribution is 0.252. The highest BCUT2D eigenvalue weighted by molar-refractivity contribution is 6.35. The first-order valence-electron chi connectivity index (χ1n) is 11.5. The van der Waals surface area contributed by atoms with Crippen molar-refractivity contribution in [1.82, 2.24) is 24.8 Å². The van der Waals surface area contributed by atoms with Crippen molar-refractivity contribution in [2.45, 2.75) is 26.3 Å². The van der Waals surface area contributed by atoms with E-state index in [1.165, 1.54) is 10.9 Å². The van der Waals surface area contributed by atoms with E-state index in [0.717, 1.165) is 6.42 Å². The summed E-state index contributed by atoms with van der Waals surface area (Å²) in [7, 11) is 0. The minimum atomic E-state index is -0.609. The van der Waals surface area contributed by atoms with Gasteiger partial charge in [0.05, 0.1) is 27.7 Å². The Hall–Kier alpha value is -4.69. The van der Waals surface area contributed by atoms with Crippen LogP contribution in [0, 0.1) is 11.3 Å². The molecule has 1 atom stereocenters. The fourth-order valence-electron chi connectivity index (χ4n) is 3.77. The Bertz CT molecular complexity index is 1580. The summed E-state index contributed by atoms with van der Waals surface area (Å²) in [5, 5.41) is 18.7. The van der Waals surface area contributed by atoms with Gasteiger partial charge in [0.15, 0.2) is 0 Å². The van der Waals surface area contributed by atoms with Gasteiger partial charge in [0.1, 0.15) is 35.4 Å². The summed E-state index contributed by atoms with van der Waals surface area (Å²) in [6.45, 7) is 4.26. The third-order valence-electron chi connectivity index (χ3n) is 5.50. The molecule has 0 radical (unpaired) electrons. The van der Waals surface area contributed by atoms with Gasteiger partial charge in [-0.1, -0.05) is 30.7 Å². The van der Waals surface area contributed by atoms with E-state index < -0.39 is 11.6 Å². The molecule has 0 aliphatic rings. The van der Waals surface area contributed by atoms with Crippen molar-refractivity contribution in [2.75, 3.05) is 22.9 Å². The largest absolute Gasteiger partial charge is 0.382 e. The Labute approximate surface area is 217 Å². The van der Waals surface area contributed by atoms with Gasteiger partial charge in [0.25, 0.3) is 5.56 Å². The third kappa shape index (κ3) is 5.29. The van der Waals surface area contributed by atoms with Crippen LogP contribution in [0.3, 0.4) is 0 Å². The van der Waals surface area contributed by atoms with Crippen molar-refractivity contribution in [2.24, 2.45) is 0 Å². The van der Waals surface area contributed by atoms with Crippen molar-refractivity contribution in [3.63, 3.8) is 0 Å². The summed E-state index contributed by atoms with van der Waals surface area (Å²) in [6, 6.07) is 12.9. The number of nitrogens with two attached hydrogens (primary N) is 1. The molecule has 0 saturated carbocycles. The second-order valence-electron chi connectivity index (χ2n) is 8.14. The van der Waals surface area contributed by atoms with Crippen LogP contribution >= 0.6 is 11.6 Å². The zero-order valence-electron chi connectivity index (χ0n) is 20.1. The second kappa shape index (κ2) is 10.9. The third-order valence-corrected chi connectivity index (χ3v) is 5.81. The zero-order chi connectivity index (χ0) is 26.5. The number of carbonyl (C=O) groups is 1. The molecule has 1 unspecified atom stereocenters. The molecule has 2 aromatic carbocycles. The summed E-state index contributed by atoms with van der Waals surface area (Å²) >= 11 is 6.39. The van der Waals surface area contributed by atoms with Crippen LogP contribution in [0.5, 0.6) is 0 Å². The number of nitrogens with one attached hydrogen (secondary N) is 3. The van der Waals surface area contributed by atoms with Gasteiger partial charge < -0.3 is 21.7 Å². The number of nitrogens with zero attached hydrogens (tertiary/aromatic N) is 5. The number of carbonyl (C=O) groups excluding carboxylic acids is 1. The number of nitriles is 1. The fraction of sp³-hybridized carbons (Fsp3) is 0.200. The summed E-state index contributed by atoms with van der Waals surface area (Å²) in [4.78, 5) is 38.7. The number of rotatable bonds is 7. The average Bonchev–Trinajstić information content (AvgIpc) is 2.87. The van der Waals surface area contributed by atoms with Crippen molar-refractivity contribution in [1.29, 1.82) is 5.26 Å². The lowest BCUT2D eigenvalue weighted by atomic mass is 10.2. The van der Waals surface area contributed by atoms with Gasteiger partial charge in [0.2, 0.25) is 0 Å². The molecule has 0 aliphatic carbocycles. The van der Waals surface area contributed by atoms with Crippen molar-refractivity contribution in [3.05, 3.63) is 75.6 Å². The lowest BCUT2D eigenvalue weighted by Gasteiger charge is -2.21. The monoisotopic (exact) mass is 517 g/mol. The molecule has 0 spiro atoms. The molecule has 5 N–H and O–H groups in total. The molecule has 11 nitrogen and oxygen atoms in total. The first-order valence-corrected chi connectivity index (χ1v) is 11.8. The second-order valence-corrected chi connectivity index (χ2v) is 8.54. The van der Waals surface area contributed by atoms with Crippen LogP contribution in [0.4, 0.5) is 22.1 Å². The molecule has 4 rings (SSSR count). The lowest BCUT2D eigenvalue weighted by Crippen LogP contribution is -2.30. The first-order chi connectivity index (χ1) is 17.8. The van der Waals surface area contributed by atoms with Gasteiger partial charge in [-0.15, -0.1) is 0 Å². The van der Waals surface area contributed by atoms with Crippen molar-refractivity contribution >= 4 is 45.9 Å². The van der Waals surface area contributed by atoms with Gasteiger partial charge in [-0.2, -0.15) is 5.26 Å². The molecule has 0 fully saturated rings. The molecule has 2 heterocycles.